The van der Waals surface area contributed by atoms with E-state index in [1.807, 2.05) is 4.90 Å². The largest absolute Gasteiger partial charge is 0.371 e. The maximum absolute atomic E-state index is 12.8. The number of likely N-dealkylation sites (tertiary alicyclic amines) is 1. The lowest BCUT2D eigenvalue weighted by Gasteiger charge is -2.19. The van der Waals surface area contributed by atoms with Gasteiger partial charge in [-0.15, -0.1) is 11.3 Å². The summed E-state index contributed by atoms with van der Waals surface area (Å²) in [5.41, 5.74) is 4.89. The van der Waals surface area contributed by atoms with E-state index >= 15 is 0 Å². The van der Waals surface area contributed by atoms with E-state index in [-0.39, 0.29) is 5.91 Å². The van der Waals surface area contributed by atoms with Gasteiger partial charge in [0.25, 0.3) is 5.91 Å². The lowest BCUT2D eigenvalue weighted by atomic mass is 10.1. The van der Waals surface area contributed by atoms with Crippen molar-refractivity contribution in [3.05, 3.63) is 70.3 Å². The molecule has 1 atom stereocenters. The van der Waals surface area contributed by atoms with Crippen LogP contribution in [-0.4, -0.2) is 35.8 Å². The molecule has 0 spiro atoms. The van der Waals surface area contributed by atoms with Gasteiger partial charge in [-0.3, -0.25) is 4.79 Å². The van der Waals surface area contributed by atoms with Crippen LogP contribution in [0.2, 0.25) is 0 Å². The van der Waals surface area contributed by atoms with E-state index in [0.29, 0.717) is 5.92 Å². The van der Waals surface area contributed by atoms with Crippen LogP contribution in [0.1, 0.15) is 47.0 Å². The van der Waals surface area contributed by atoms with Crippen LogP contribution >= 0.6 is 11.3 Å². The standard InChI is InChI=1S/C25H30N2OS/c1-4-19-9-12-22(16-19)26(3)17-20-7-10-21(11-8-20)23-15-18(2)24(29-23)25(28)27-13-5-6-14-27/h7-12,15-16,19H,4-6,13-14,17H2,1-3H3. The molecular weight excluding hydrogens is 376 g/mol. The van der Waals surface area contributed by atoms with Crippen molar-refractivity contribution in [2.75, 3.05) is 20.1 Å². The van der Waals surface area contributed by atoms with E-state index in [9.17, 15) is 4.79 Å². The summed E-state index contributed by atoms with van der Waals surface area (Å²) in [5, 5.41) is 0. The highest BCUT2D eigenvalue weighted by Gasteiger charge is 2.23. The second kappa shape index (κ2) is 8.58. The van der Waals surface area contributed by atoms with Crippen molar-refractivity contribution in [1.82, 2.24) is 9.80 Å². The Labute approximate surface area is 178 Å². The molecule has 1 aromatic heterocycles. The van der Waals surface area contributed by atoms with Crippen LogP contribution in [0.5, 0.6) is 0 Å². The van der Waals surface area contributed by atoms with Gasteiger partial charge in [0.15, 0.2) is 0 Å². The van der Waals surface area contributed by atoms with E-state index < -0.39 is 0 Å². The van der Waals surface area contributed by atoms with Gasteiger partial charge in [0.1, 0.15) is 0 Å². The van der Waals surface area contributed by atoms with Crippen LogP contribution in [-0.2, 0) is 6.54 Å². The smallest absolute Gasteiger partial charge is 0.264 e. The van der Waals surface area contributed by atoms with Crippen molar-refractivity contribution in [1.29, 1.82) is 0 Å². The zero-order valence-corrected chi connectivity index (χ0v) is 18.5. The van der Waals surface area contributed by atoms with Crippen LogP contribution in [0.3, 0.4) is 0 Å². The van der Waals surface area contributed by atoms with E-state index in [4.69, 9.17) is 0 Å². The van der Waals surface area contributed by atoms with E-state index in [1.54, 1.807) is 11.3 Å². The molecule has 29 heavy (non-hydrogen) atoms. The number of allylic oxidation sites excluding steroid dienone is 3. The fraction of sp³-hybridized carbons (Fsp3) is 0.400. The van der Waals surface area contributed by atoms with Gasteiger partial charge >= 0.3 is 0 Å². The van der Waals surface area contributed by atoms with Gasteiger partial charge in [-0.1, -0.05) is 43.3 Å². The summed E-state index contributed by atoms with van der Waals surface area (Å²) in [7, 11) is 2.15. The van der Waals surface area contributed by atoms with Crippen molar-refractivity contribution in [2.45, 2.75) is 39.7 Å². The monoisotopic (exact) mass is 406 g/mol. The summed E-state index contributed by atoms with van der Waals surface area (Å²) < 4.78 is 0. The average Bonchev–Trinajstić information content (AvgIpc) is 3.48. The number of amides is 1. The first kappa shape index (κ1) is 20.0. The molecule has 2 aliphatic rings. The van der Waals surface area contributed by atoms with Gasteiger partial charge in [-0.05, 0) is 60.9 Å². The summed E-state index contributed by atoms with van der Waals surface area (Å²) in [6.07, 6.45) is 10.3. The first-order valence-electron chi connectivity index (χ1n) is 10.7. The molecule has 1 fully saturated rings. The number of likely N-dealkylation sites (N-methyl/N-ethyl adjacent to an activating group) is 1. The van der Waals surface area contributed by atoms with Crippen LogP contribution in [0.15, 0.2) is 54.3 Å². The normalized spacial score (nSPS) is 18.4. The Bertz CT molecular complexity index is 932. The molecule has 1 aliphatic heterocycles. The van der Waals surface area contributed by atoms with Crippen molar-refractivity contribution in [3.63, 3.8) is 0 Å². The minimum absolute atomic E-state index is 0.206. The maximum atomic E-state index is 12.8. The zero-order valence-electron chi connectivity index (χ0n) is 17.6. The van der Waals surface area contributed by atoms with Crippen LogP contribution in [0.25, 0.3) is 10.4 Å². The molecule has 0 radical (unpaired) electrons. The predicted molar refractivity (Wildman–Crippen MR) is 122 cm³/mol. The van der Waals surface area contributed by atoms with Crippen molar-refractivity contribution in [2.24, 2.45) is 5.92 Å². The minimum atomic E-state index is 0.206. The minimum Gasteiger partial charge on any atom is -0.371 e. The Morgan fingerprint density at radius 1 is 1.21 bits per heavy atom. The van der Waals surface area contributed by atoms with E-state index in [1.165, 1.54) is 21.7 Å². The second-order valence-electron chi connectivity index (χ2n) is 8.20. The molecular formula is C25H30N2OS. The molecule has 1 saturated heterocycles. The molecule has 4 rings (SSSR count). The molecule has 2 heterocycles. The highest BCUT2D eigenvalue weighted by Crippen LogP contribution is 2.33. The number of rotatable bonds is 6. The number of benzene rings is 1. The molecule has 0 N–H and O–H groups in total. The Balaban J connectivity index is 1.45. The summed E-state index contributed by atoms with van der Waals surface area (Å²) in [4.78, 5) is 19.2. The quantitative estimate of drug-likeness (QED) is 0.599. The Hall–Kier alpha value is -2.33. The maximum Gasteiger partial charge on any atom is 0.264 e. The third kappa shape index (κ3) is 4.32. The zero-order chi connectivity index (χ0) is 20.4. The summed E-state index contributed by atoms with van der Waals surface area (Å²) in [6, 6.07) is 10.9. The molecule has 0 saturated carbocycles. The van der Waals surface area contributed by atoms with Gasteiger partial charge < -0.3 is 9.80 Å². The lowest BCUT2D eigenvalue weighted by Crippen LogP contribution is -2.27. The number of carbonyl (C=O) groups excluding carboxylic acids is 1. The summed E-state index contributed by atoms with van der Waals surface area (Å²) in [5.74, 6) is 0.784. The summed E-state index contributed by atoms with van der Waals surface area (Å²) >= 11 is 1.63. The number of carbonyl (C=O) groups is 1. The first-order chi connectivity index (χ1) is 14.0. The molecule has 0 bridgehead atoms. The molecule has 1 aliphatic carbocycles. The third-order valence-corrected chi connectivity index (χ3v) is 7.25. The van der Waals surface area contributed by atoms with Gasteiger partial charge in [-0.2, -0.15) is 0 Å². The second-order valence-corrected chi connectivity index (χ2v) is 9.25. The number of thiophene rings is 1. The molecule has 2 aromatic rings. The highest BCUT2D eigenvalue weighted by molar-refractivity contribution is 7.17. The Kier molecular flexibility index (Phi) is 5.91. The van der Waals surface area contributed by atoms with Crippen LogP contribution < -0.4 is 0 Å². The average molecular weight is 407 g/mol. The van der Waals surface area contributed by atoms with Gasteiger partial charge in [-0.25, -0.2) is 0 Å². The lowest BCUT2D eigenvalue weighted by molar-refractivity contribution is 0.0797. The third-order valence-electron chi connectivity index (χ3n) is 5.97. The molecule has 1 unspecified atom stereocenters. The van der Waals surface area contributed by atoms with Gasteiger partial charge in [0, 0.05) is 37.3 Å². The highest BCUT2D eigenvalue weighted by atomic mass is 32.1. The van der Waals surface area contributed by atoms with Gasteiger partial charge in [0.2, 0.25) is 0 Å². The van der Waals surface area contributed by atoms with Gasteiger partial charge in [0.05, 0.1) is 4.88 Å². The SMILES string of the molecule is CCC1C=CC(N(C)Cc2ccc(-c3cc(C)c(C(=O)N4CCCC4)s3)cc2)=C1. The molecule has 1 aromatic carbocycles. The van der Waals surface area contributed by atoms with Crippen molar-refractivity contribution in [3.8, 4) is 10.4 Å². The number of aryl methyl sites for hydroxylation is 1. The number of hydrogen-bond acceptors (Lipinski definition) is 3. The topological polar surface area (TPSA) is 23.6 Å². The molecule has 1 amide bonds. The number of hydrogen-bond donors (Lipinski definition) is 0. The first-order valence-corrected chi connectivity index (χ1v) is 11.5. The van der Waals surface area contributed by atoms with Crippen LogP contribution in [0.4, 0.5) is 0 Å². The Morgan fingerprint density at radius 3 is 2.59 bits per heavy atom. The molecule has 152 valence electrons. The fourth-order valence-electron chi connectivity index (χ4n) is 4.10. The molecule has 3 nitrogen and oxygen atoms in total. The van der Waals surface area contributed by atoms with Crippen molar-refractivity contribution < 1.29 is 4.79 Å². The van der Waals surface area contributed by atoms with Crippen molar-refractivity contribution >= 4 is 17.2 Å². The predicted octanol–water partition coefficient (Wildman–Crippen LogP) is 5.87. The number of nitrogens with zero attached hydrogens (tertiary/aromatic N) is 2. The van der Waals surface area contributed by atoms with Crippen LogP contribution in [0, 0.1) is 12.8 Å². The van der Waals surface area contributed by atoms with E-state index in [2.05, 4.69) is 74.4 Å². The fourth-order valence-corrected chi connectivity index (χ4v) is 5.25. The van der Waals surface area contributed by atoms with E-state index in [0.717, 1.165) is 49.3 Å². The summed E-state index contributed by atoms with van der Waals surface area (Å²) in [6.45, 7) is 6.98. The molecule has 4 heteroatoms. The Morgan fingerprint density at radius 2 is 1.93 bits per heavy atom.